The molecule has 1 heterocycles. The van der Waals surface area contributed by atoms with Gasteiger partial charge in [-0.15, -0.1) is 0 Å². The lowest BCUT2D eigenvalue weighted by Gasteiger charge is -2.06. The van der Waals surface area contributed by atoms with E-state index < -0.39 is 11.9 Å². The molecule has 0 amide bonds. The molecule has 2 nitrogen and oxygen atoms in total. The fourth-order valence-electron chi connectivity index (χ4n) is 1.38. The molecule has 6 heteroatoms. The van der Waals surface area contributed by atoms with Crippen molar-refractivity contribution >= 4 is 11.6 Å². The number of nitrogens with zero attached hydrogens (tertiary/aromatic N) is 2. The van der Waals surface area contributed by atoms with Crippen LogP contribution in [-0.2, 0) is 19.6 Å². The summed E-state index contributed by atoms with van der Waals surface area (Å²) in [5.74, 6) is 0.221. The van der Waals surface area contributed by atoms with Crippen LogP contribution in [0.4, 0.5) is 13.2 Å². The Hall–Kier alpha value is -0.710. The van der Waals surface area contributed by atoms with Crippen LogP contribution in [0, 0.1) is 5.92 Å². The third kappa shape index (κ3) is 2.65. The predicted octanol–water partition coefficient (Wildman–Crippen LogP) is 3.29. The van der Waals surface area contributed by atoms with Gasteiger partial charge in [0.1, 0.15) is 0 Å². The van der Waals surface area contributed by atoms with Crippen molar-refractivity contribution in [2.45, 2.75) is 26.4 Å². The van der Waals surface area contributed by atoms with Crippen molar-refractivity contribution in [2.24, 2.45) is 13.0 Å². The van der Waals surface area contributed by atoms with Crippen LogP contribution in [0.2, 0.25) is 5.02 Å². The zero-order valence-electron chi connectivity index (χ0n) is 8.69. The van der Waals surface area contributed by atoms with Crippen LogP contribution >= 0.6 is 11.6 Å². The lowest BCUT2D eigenvalue weighted by Crippen LogP contribution is -2.12. The molecule has 0 saturated heterocycles. The molecule has 15 heavy (non-hydrogen) atoms. The molecule has 0 fully saturated rings. The maximum Gasteiger partial charge on any atom is 0.434 e. The molecule has 0 unspecified atom stereocenters. The minimum absolute atomic E-state index is 0.221. The second-order valence-electron chi connectivity index (χ2n) is 3.83. The van der Waals surface area contributed by atoms with Crippen molar-refractivity contribution in [1.82, 2.24) is 9.78 Å². The molecule has 1 aromatic heterocycles. The van der Waals surface area contributed by atoms with E-state index in [0.717, 1.165) is 4.68 Å². The molecular weight excluding hydrogens is 229 g/mol. The van der Waals surface area contributed by atoms with Gasteiger partial charge in [-0.2, -0.15) is 18.3 Å². The van der Waals surface area contributed by atoms with Gasteiger partial charge in [-0.1, -0.05) is 25.4 Å². The minimum atomic E-state index is -4.45. The second kappa shape index (κ2) is 4.04. The summed E-state index contributed by atoms with van der Waals surface area (Å²) in [4.78, 5) is 0. The summed E-state index contributed by atoms with van der Waals surface area (Å²) in [5, 5.41) is 3.50. The van der Waals surface area contributed by atoms with Gasteiger partial charge in [-0.05, 0) is 12.3 Å². The Labute approximate surface area is 91.0 Å². The normalized spacial score (nSPS) is 12.5. The van der Waals surface area contributed by atoms with Crippen LogP contribution in [0.15, 0.2) is 0 Å². The average molecular weight is 241 g/mol. The van der Waals surface area contributed by atoms with Gasteiger partial charge in [0.2, 0.25) is 0 Å². The van der Waals surface area contributed by atoms with Gasteiger partial charge in [-0.3, -0.25) is 4.68 Å². The maximum atomic E-state index is 12.5. The highest BCUT2D eigenvalue weighted by Gasteiger charge is 2.38. The number of alkyl halides is 3. The molecule has 0 saturated carbocycles. The second-order valence-corrected chi connectivity index (χ2v) is 4.21. The van der Waals surface area contributed by atoms with Gasteiger partial charge >= 0.3 is 6.18 Å². The zero-order chi connectivity index (χ0) is 11.8. The highest BCUT2D eigenvalue weighted by atomic mass is 35.5. The van der Waals surface area contributed by atoms with Crippen LogP contribution in [-0.4, -0.2) is 9.78 Å². The largest absolute Gasteiger partial charge is 0.434 e. The summed E-state index contributed by atoms with van der Waals surface area (Å²) in [6.07, 6.45) is -4.00. The average Bonchev–Trinajstić information content (AvgIpc) is 2.23. The molecule has 0 radical (unpaired) electrons. The first-order valence-corrected chi connectivity index (χ1v) is 4.89. The zero-order valence-corrected chi connectivity index (χ0v) is 9.45. The van der Waals surface area contributed by atoms with Crippen LogP contribution in [0.3, 0.4) is 0 Å². The van der Waals surface area contributed by atoms with Gasteiger partial charge in [0, 0.05) is 7.05 Å². The Balaban J connectivity index is 3.15. The van der Waals surface area contributed by atoms with E-state index >= 15 is 0 Å². The Morgan fingerprint density at radius 1 is 1.40 bits per heavy atom. The van der Waals surface area contributed by atoms with Crippen molar-refractivity contribution in [3.63, 3.8) is 0 Å². The first kappa shape index (κ1) is 12.4. The lowest BCUT2D eigenvalue weighted by molar-refractivity contribution is -0.143. The van der Waals surface area contributed by atoms with E-state index in [9.17, 15) is 13.2 Å². The molecule has 1 aromatic rings. The van der Waals surface area contributed by atoms with Gasteiger partial charge in [-0.25, -0.2) is 0 Å². The van der Waals surface area contributed by atoms with E-state index in [-0.39, 0.29) is 10.9 Å². The van der Waals surface area contributed by atoms with Crippen LogP contribution in [0.1, 0.15) is 25.2 Å². The summed E-state index contributed by atoms with van der Waals surface area (Å²) in [6.45, 7) is 3.80. The van der Waals surface area contributed by atoms with Crippen molar-refractivity contribution in [1.29, 1.82) is 0 Å². The van der Waals surface area contributed by atoms with Crippen LogP contribution in [0.5, 0.6) is 0 Å². The van der Waals surface area contributed by atoms with Gasteiger partial charge in [0.15, 0.2) is 5.69 Å². The molecule has 1 rings (SSSR count). The van der Waals surface area contributed by atoms with E-state index in [4.69, 9.17) is 11.6 Å². The lowest BCUT2D eigenvalue weighted by atomic mass is 10.1. The fraction of sp³-hybridized carbons (Fsp3) is 0.667. The standard InChI is InChI=1S/C9H12ClF3N2/c1-5(2)4-6-7(10)8(9(11,12)13)15(3)14-6/h5H,4H2,1-3H3. The topological polar surface area (TPSA) is 17.8 Å². The SMILES string of the molecule is CC(C)Cc1nn(C)c(C(F)(F)F)c1Cl. The van der Waals surface area contributed by atoms with Crippen molar-refractivity contribution in [2.75, 3.05) is 0 Å². The number of hydrogen-bond acceptors (Lipinski definition) is 1. The molecule has 86 valence electrons. The molecular formula is C9H12ClF3N2. The molecule has 0 aromatic carbocycles. The van der Waals surface area contributed by atoms with Gasteiger partial charge < -0.3 is 0 Å². The molecule has 0 aliphatic rings. The highest BCUT2D eigenvalue weighted by Crippen LogP contribution is 2.36. The Morgan fingerprint density at radius 3 is 2.27 bits per heavy atom. The molecule has 0 aliphatic carbocycles. The predicted molar refractivity (Wildman–Crippen MR) is 51.8 cm³/mol. The first-order chi connectivity index (χ1) is 6.73. The molecule has 0 bridgehead atoms. The Bertz CT molecular complexity index is 355. The molecule has 0 aliphatic heterocycles. The summed E-state index contributed by atoms with van der Waals surface area (Å²) in [5.41, 5.74) is -0.568. The number of hydrogen-bond donors (Lipinski definition) is 0. The maximum absolute atomic E-state index is 12.5. The number of aryl methyl sites for hydroxylation is 1. The summed E-state index contributed by atoms with van der Waals surface area (Å²) in [6, 6.07) is 0. The quantitative estimate of drug-likeness (QED) is 0.776. The summed E-state index contributed by atoms with van der Waals surface area (Å²) < 4.78 is 38.3. The van der Waals surface area contributed by atoms with Crippen molar-refractivity contribution < 1.29 is 13.2 Å². The van der Waals surface area contributed by atoms with E-state index in [2.05, 4.69) is 5.10 Å². The molecule has 0 atom stereocenters. The van der Waals surface area contributed by atoms with Crippen LogP contribution in [0.25, 0.3) is 0 Å². The van der Waals surface area contributed by atoms with E-state index in [0.29, 0.717) is 12.1 Å². The van der Waals surface area contributed by atoms with E-state index in [1.54, 1.807) is 0 Å². The third-order valence-electron chi connectivity index (χ3n) is 1.93. The van der Waals surface area contributed by atoms with E-state index in [1.165, 1.54) is 7.05 Å². The number of halogens is 4. The molecule has 0 N–H and O–H groups in total. The molecule has 0 spiro atoms. The smallest absolute Gasteiger partial charge is 0.262 e. The third-order valence-corrected chi connectivity index (χ3v) is 2.32. The summed E-state index contributed by atoms with van der Waals surface area (Å²) >= 11 is 5.66. The first-order valence-electron chi connectivity index (χ1n) is 4.52. The number of aromatic nitrogens is 2. The van der Waals surface area contributed by atoms with Gasteiger partial charge in [0.25, 0.3) is 0 Å². The fourth-order valence-corrected chi connectivity index (χ4v) is 1.72. The van der Waals surface area contributed by atoms with E-state index in [1.807, 2.05) is 13.8 Å². The minimum Gasteiger partial charge on any atom is -0.262 e. The van der Waals surface area contributed by atoms with Crippen molar-refractivity contribution in [3.05, 3.63) is 16.4 Å². The Kier molecular flexibility index (Phi) is 3.33. The monoisotopic (exact) mass is 240 g/mol. The number of rotatable bonds is 2. The summed E-state index contributed by atoms with van der Waals surface area (Å²) in [7, 11) is 1.25. The Morgan fingerprint density at radius 2 is 1.93 bits per heavy atom. The van der Waals surface area contributed by atoms with Crippen molar-refractivity contribution in [3.8, 4) is 0 Å². The highest BCUT2D eigenvalue weighted by molar-refractivity contribution is 6.32. The van der Waals surface area contributed by atoms with Crippen LogP contribution < -0.4 is 0 Å². The van der Waals surface area contributed by atoms with Gasteiger partial charge in [0.05, 0.1) is 10.7 Å².